The Morgan fingerprint density at radius 2 is 2.13 bits per heavy atom. The summed E-state index contributed by atoms with van der Waals surface area (Å²) in [6.45, 7) is -0.120. The van der Waals surface area contributed by atoms with Gasteiger partial charge in [-0.25, -0.2) is 8.78 Å². The van der Waals surface area contributed by atoms with E-state index in [1.54, 1.807) is 0 Å². The lowest BCUT2D eigenvalue weighted by Crippen LogP contribution is -2.35. The van der Waals surface area contributed by atoms with Crippen molar-refractivity contribution in [2.45, 2.75) is 17.4 Å². The second kappa shape index (κ2) is 7.40. The first-order chi connectivity index (χ1) is 10.8. The number of esters is 1. The molecule has 0 spiro atoms. The van der Waals surface area contributed by atoms with Crippen LogP contribution in [0.4, 0.5) is 8.78 Å². The summed E-state index contributed by atoms with van der Waals surface area (Å²) in [7, 11) is 0. The van der Waals surface area contributed by atoms with Crippen LogP contribution >= 0.6 is 11.8 Å². The van der Waals surface area contributed by atoms with E-state index in [0.29, 0.717) is 0 Å². The highest BCUT2D eigenvalue weighted by Crippen LogP contribution is 2.23. The lowest BCUT2D eigenvalue weighted by Gasteiger charge is -2.14. The number of primary amides is 1. The molecule has 0 radical (unpaired) electrons. The molecule has 1 atom stereocenters. The van der Waals surface area contributed by atoms with Gasteiger partial charge in [0, 0.05) is 11.0 Å². The quantitative estimate of drug-likeness (QED) is 0.606. The third kappa shape index (κ3) is 4.92. The lowest BCUT2D eigenvalue weighted by molar-refractivity contribution is -0.145. The molecule has 124 valence electrons. The summed E-state index contributed by atoms with van der Waals surface area (Å²) in [6, 6.07) is 3.05. The minimum Gasteiger partial charge on any atom is -0.459 e. The average Bonchev–Trinajstić information content (AvgIpc) is 2.77. The minimum absolute atomic E-state index is 0.0192. The molecule has 0 unspecified atom stereocenters. The van der Waals surface area contributed by atoms with Gasteiger partial charge in [-0.2, -0.15) is 0 Å². The summed E-state index contributed by atoms with van der Waals surface area (Å²) in [5, 5.41) is 0. The van der Waals surface area contributed by atoms with Gasteiger partial charge in [0.05, 0.1) is 25.3 Å². The van der Waals surface area contributed by atoms with Gasteiger partial charge in [0.15, 0.2) is 0 Å². The monoisotopic (exact) mass is 344 g/mol. The van der Waals surface area contributed by atoms with Gasteiger partial charge in [-0.05, 0) is 12.1 Å². The summed E-state index contributed by atoms with van der Waals surface area (Å²) in [6.07, 6.45) is -0.678. The number of nitrogens with zero attached hydrogens (tertiary/aromatic N) is 1. The van der Waals surface area contributed by atoms with Crippen LogP contribution in [-0.2, 0) is 19.1 Å². The predicted molar refractivity (Wildman–Crippen MR) is 77.4 cm³/mol. The van der Waals surface area contributed by atoms with Crippen molar-refractivity contribution in [1.29, 1.82) is 0 Å². The molecule has 23 heavy (non-hydrogen) atoms. The summed E-state index contributed by atoms with van der Waals surface area (Å²) >= 11 is 0.871. The summed E-state index contributed by atoms with van der Waals surface area (Å²) < 4.78 is 31.3. The van der Waals surface area contributed by atoms with E-state index >= 15 is 0 Å². The number of halogens is 2. The molecular formula is C14H14F2N2O4S. The fourth-order valence-electron chi connectivity index (χ4n) is 2.10. The number of amides is 2. The SMILES string of the molecule is NC(=O)CN1C[C@H](OC(=O)CSc2ccc(F)cc2F)CC1=O. The second-order valence-corrected chi connectivity index (χ2v) is 5.94. The van der Waals surface area contributed by atoms with Gasteiger partial charge in [-0.3, -0.25) is 14.4 Å². The molecule has 0 saturated carbocycles. The fraction of sp³-hybridized carbons (Fsp3) is 0.357. The van der Waals surface area contributed by atoms with E-state index < -0.39 is 29.6 Å². The molecule has 0 aliphatic carbocycles. The third-order valence-electron chi connectivity index (χ3n) is 3.06. The zero-order valence-electron chi connectivity index (χ0n) is 12.0. The Bertz CT molecular complexity index is 641. The first kappa shape index (κ1) is 17.2. The summed E-state index contributed by atoms with van der Waals surface area (Å²) in [5.74, 6) is -3.23. The van der Waals surface area contributed by atoms with Gasteiger partial charge in [0.2, 0.25) is 11.8 Å². The zero-order valence-corrected chi connectivity index (χ0v) is 12.8. The van der Waals surface area contributed by atoms with Gasteiger partial charge in [0.25, 0.3) is 0 Å². The molecular weight excluding hydrogens is 330 g/mol. The molecule has 2 amide bonds. The molecule has 1 aliphatic heterocycles. The highest BCUT2D eigenvalue weighted by atomic mass is 32.2. The highest BCUT2D eigenvalue weighted by molar-refractivity contribution is 8.00. The van der Waals surface area contributed by atoms with E-state index in [0.717, 1.165) is 23.9 Å². The number of thioether (sulfide) groups is 1. The Balaban J connectivity index is 1.81. The number of likely N-dealkylation sites (tertiary alicyclic amines) is 1. The first-order valence-electron chi connectivity index (χ1n) is 6.68. The van der Waals surface area contributed by atoms with Crippen molar-refractivity contribution in [2.75, 3.05) is 18.8 Å². The van der Waals surface area contributed by atoms with Gasteiger partial charge < -0.3 is 15.4 Å². The Morgan fingerprint density at radius 1 is 1.39 bits per heavy atom. The van der Waals surface area contributed by atoms with E-state index in [-0.39, 0.29) is 36.1 Å². The van der Waals surface area contributed by atoms with Crippen molar-refractivity contribution >= 4 is 29.5 Å². The van der Waals surface area contributed by atoms with Gasteiger partial charge >= 0.3 is 5.97 Å². The van der Waals surface area contributed by atoms with Crippen LogP contribution in [-0.4, -0.2) is 47.6 Å². The van der Waals surface area contributed by atoms with Gasteiger partial charge in [0.1, 0.15) is 17.7 Å². The van der Waals surface area contributed by atoms with Crippen LogP contribution in [0.15, 0.2) is 23.1 Å². The number of benzene rings is 1. The number of carbonyl (C=O) groups is 3. The maximum Gasteiger partial charge on any atom is 0.316 e. The van der Waals surface area contributed by atoms with Crippen molar-refractivity contribution < 1.29 is 27.9 Å². The number of carbonyl (C=O) groups excluding carboxylic acids is 3. The molecule has 1 aromatic rings. The largest absolute Gasteiger partial charge is 0.459 e. The predicted octanol–water partition coefficient (Wildman–Crippen LogP) is 0.686. The lowest BCUT2D eigenvalue weighted by atomic mass is 10.3. The molecule has 1 heterocycles. The molecule has 1 saturated heterocycles. The van der Waals surface area contributed by atoms with Gasteiger partial charge in [-0.15, -0.1) is 11.8 Å². The van der Waals surface area contributed by atoms with Crippen LogP contribution in [0.3, 0.4) is 0 Å². The topological polar surface area (TPSA) is 89.7 Å². The maximum atomic E-state index is 13.4. The van der Waals surface area contributed by atoms with Crippen LogP contribution in [0.2, 0.25) is 0 Å². The fourth-order valence-corrected chi connectivity index (χ4v) is 2.81. The van der Waals surface area contributed by atoms with Crippen LogP contribution in [0.5, 0.6) is 0 Å². The standard InChI is InChI=1S/C14H14F2N2O4S/c15-8-1-2-11(10(16)3-8)23-7-14(21)22-9-4-13(20)18(5-9)6-12(17)19/h1-3,9H,4-7H2,(H2,17,19)/t9-/m1/s1. The van der Waals surface area contributed by atoms with Crippen molar-refractivity contribution in [3.63, 3.8) is 0 Å². The molecule has 2 N–H and O–H groups in total. The van der Waals surface area contributed by atoms with Crippen LogP contribution < -0.4 is 5.73 Å². The number of ether oxygens (including phenoxy) is 1. The third-order valence-corrected chi connectivity index (χ3v) is 4.09. The zero-order chi connectivity index (χ0) is 17.0. The molecule has 0 bridgehead atoms. The number of hydrogen-bond acceptors (Lipinski definition) is 5. The Labute approximate surface area is 134 Å². The molecule has 0 aromatic heterocycles. The van der Waals surface area contributed by atoms with E-state index in [2.05, 4.69) is 0 Å². The van der Waals surface area contributed by atoms with E-state index in [1.807, 2.05) is 0 Å². The van der Waals surface area contributed by atoms with Crippen LogP contribution in [0.25, 0.3) is 0 Å². The van der Waals surface area contributed by atoms with Crippen LogP contribution in [0.1, 0.15) is 6.42 Å². The molecule has 2 rings (SSSR count). The molecule has 9 heteroatoms. The Kier molecular flexibility index (Phi) is 5.54. The second-order valence-electron chi connectivity index (χ2n) is 4.92. The maximum absolute atomic E-state index is 13.4. The molecule has 1 aliphatic rings. The summed E-state index contributed by atoms with van der Waals surface area (Å²) in [4.78, 5) is 35.5. The van der Waals surface area contributed by atoms with E-state index in [4.69, 9.17) is 10.5 Å². The van der Waals surface area contributed by atoms with Crippen molar-refractivity contribution in [1.82, 2.24) is 4.90 Å². The molecule has 1 fully saturated rings. The van der Waals surface area contributed by atoms with Gasteiger partial charge in [-0.1, -0.05) is 0 Å². The van der Waals surface area contributed by atoms with E-state index in [9.17, 15) is 23.2 Å². The minimum atomic E-state index is -0.758. The molecule has 1 aromatic carbocycles. The number of nitrogens with two attached hydrogens (primary N) is 1. The van der Waals surface area contributed by atoms with Crippen LogP contribution in [0, 0.1) is 11.6 Å². The number of rotatable bonds is 6. The highest BCUT2D eigenvalue weighted by Gasteiger charge is 2.32. The normalized spacial score (nSPS) is 17.4. The number of hydrogen-bond donors (Lipinski definition) is 1. The van der Waals surface area contributed by atoms with Crippen molar-refractivity contribution in [2.24, 2.45) is 5.73 Å². The van der Waals surface area contributed by atoms with Crippen molar-refractivity contribution in [3.05, 3.63) is 29.8 Å². The Hall–Kier alpha value is -2.16. The average molecular weight is 344 g/mol. The Morgan fingerprint density at radius 3 is 2.78 bits per heavy atom. The van der Waals surface area contributed by atoms with E-state index in [1.165, 1.54) is 11.0 Å². The first-order valence-corrected chi connectivity index (χ1v) is 7.67. The van der Waals surface area contributed by atoms with Crippen molar-refractivity contribution in [3.8, 4) is 0 Å². The summed E-state index contributed by atoms with van der Waals surface area (Å²) in [5.41, 5.74) is 5.01. The molecule has 6 nitrogen and oxygen atoms in total. The smallest absolute Gasteiger partial charge is 0.316 e.